The Morgan fingerprint density at radius 2 is 2.06 bits per heavy atom. The van der Waals surface area contributed by atoms with Gasteiger partial charge in [0.25, 0.3) is 0 Å². The van der Waals surface area contributed by atoms with E-state index in [0.717, 1.165) is 9.75 Å². The lowest BCUT2D eigenvalue weighted by Crippen LogP contribution is -2.02. The molecule has 88 valence electrons. The third kappa shape index (κ3) is 2.81. The van der Waals surface area contributed by atoms with E-state index >= 15 is 0 Å². The normalized spacial score (nSPS) is 10.2. The van der Waals surface area contributed by atoms with Crippen LogP contribution in [0.15, 0.2) is 29.6 Å². The lowest BCUT2D eigenvalue weighted by Gasteiger charge is -1.95. The zero-order valence-electron chi connectivity index (χ0n) is 9.14. The lowest BCUT2D eigenvalue weighted by atomic mass is 10.2. The first-order chi connectivity index (χ1) is 8.20. The molecular formula is C12H10O3S2. The summed E-state index contributed by atoms with van der Waals surface area (Å²) in [5.74, 6) is -0.275. The topological polar surface area (TPSA) is 43.4 Å². The predicted octanol–water partition coefficient (Wildman–Crippen LogP) is 2.76. The van der Waals surface area contributed by atoms with Crippen LogP contribution in [0.1, 0.15) is 19.4 Å². The minimum Gasteiger partial charge on any atom is -0.469 e. The summed E-state index contributed by atoms with van der Waals surface area (Å²) >= 11 is 2.76. The molecular weight excluding hydrogens is 256 g/mol. The number of hydrogen-bond donors (Lipinski definition) is 0. The van der Waals surface area contributed by atoms with Gasteiger partial charge >= 0.3 is 5.97 Å². The maximum absolute atomic E-state index is 12.0. The van der Waals surface area contributed by atoms with Crippen LogP contribution in [0, 0.1) is 0 Å². The van der Waals surface area contributed by atoms with E-state index in [2.05, 4.69) is 4.74 Å². The molecule has 0 aliphatic heterocycles. The van der Waals surface area contributed by atoms with Crippen molar-refractivity contribution in [3.63, 3.8) is 0 Å². The van der Waals surface area contributed by atoms with Gasteiger partial charge in [-0.25, -0.2) is 0 Å². The minimum atomic E-state index is -0.290. The van der Waals surface area contributed by atoms with E-state index in [1.165, 1.54) is 29.8 Å². The maximum Gasteiger partial charge on any atom is 0.310 e. The van der Waals surface area contributed by atoms with Crippen molar-refractivity contribution < 1.29 is 14.3 Å². The van der Waals surface area contributed by atoms with Crippen molar-refractivity contribution in [2.24, 2.45) is 0 Å². The summed E-state index contributed by atoms with van der Waals surface area (Å²) < 4.78 is 4.58. The highest BCUT2D eigenvalue weighted by molar-refractivity contribution is 7.16. The van der Waals surface area contributed by atoms with Gasteiger partial charge in [0, 0.05) is 4.88 Å². The molecule has 0 aliphatic carbocycles. The lowest BCUT2D eigenvalue weighted by molar-refractivity contribution is -0.139. The summed E-state index contributed by atoms with van der Waals surface area (Å²) in [4.78, 5) is 25.3. The van der Waals surface area contributed by atoms with Gasteiger partial charge in [-0.3, -0.25) is 9.59 Å². The van der Waals surface area contributed by atoms with Gasteiger partial charge in [-0.05, 0) is 23.6 Å². The van der Waals surface area contributed by atoms with Gasteiger partial charge in [0.05, 0.1) is 23.3 Å². The molecule has 0 saturated carbocycles. The Labute approximate surface area is 107 Å². The molecule has 0 amide bonds. The van der Waals surface area contributed by atoms with E-state index in [9.17, 15) is 9.59 Å². The Balaban J connectivity index is 2.13. The number of ether oxygens (including phenoxy) is 1. The molecule has 17 heavy (non-hydrogen) atoms. The SMILES string of the molecule is COC(=O)Cc1ccc(C(=O)c2cccs2)s1. The molecule has 0 N–H and O–H groups in total. The maximum atomic E-state index is 12.0. The van der Waals surface area contributed by atoms with E-state index in [0.29, 0.717) is 4.88 Å². The van der Waals surface area contributed by atoms with Crippen LogP contribution < -0.4 is 0 Å². The Kier molecular flexibility index (Phi) is 3.71. The third-order valence-corrected chi connectivity index (χ3v) is 4.13. The van der Waals surface area contributed by atoms with Crippen molar-refractivity contribution in [3.05, 3.63) is 44.3 Å². The summed E-state index contributed by atoms with van der Waals surface area (Å²) in [6.07, 6.45) is 0.221. The van der Waals surface area contributed by atoms with Crippen molar-refractivity contribution in [1.82, 2.24) is 0 Å². The summed E-state index contributed by atoms with van der Waals surface area (Å²) in [5, 5.41) is 1.87. The molecule has 0 atom stereocenters. The number of rotatable bonds is 4. The van der Waals surface area contributed by atoms with Gasteiger partial charge in [-0.2, -0.15) is 0 Å². The number of thiophene rings is 2. The fraction of sp³-hybridized carbons (Fsp3) is 0.167. The van der Waals surface area contributed by atoms with Crippen molar-refractivity contribution in [1.29, 1.82) is 0 Å². The Morgan fingerprint density at radius 1 is 1.24 bits per heavy atom. The molecule has 0 bridgehead atoms. The largest absolute Gasteiger partial charge is 0.469 e. The first kappa shape index (κ1) is 12.0. The van der Waals surface area contributed by atoms with Crippen LogP contribution in [0.5, 0.6) is 0 Å². The molecule has 0 aliphatic rings. The smallest absolute Gasteiger partial charge is 0.310 e. The molecule has 0 spiro atoms. The second-order valence-electron chi connectivity index (χ2n) is 3.33. The van der Waals surface area contributed by atoms with Crippen LogP contribution >= 0.6 is 22.7 Å². The van der Waals surface area contributed by atoms with E-state index in [4.69, 9.17) is 0 Å². The van der Waals surface area contributed by atoms with Crippen LogP contribution in [-0.2, 0) is 16.0 Å². The highest BCUT2D eigenvalue weighted by atomic mass is 32.1. The number of ketones is 1. The summed E-state index contributed by atoms with van der Waals surface area (Å²) in [7, 11) is 1.35. The fourth-order valence-corrected chi connectivity index (χ4v) is 3.03. The second-order valence-corrected chi connectivity index (χ2v) is 5.44. The number of methoxy groups -OCH3 is 1. The molecule has 0 radical (unpaired) electrons. The highest BCUT2D eigenvalue weighted by Crippen LogP contribution is 2.22. The number of carbonyl (C=O) groups excluding carboxylic acids is 2. The first-order valence-electron chi connectivity index (χ1n) is 4.94. The Morgan fingerprint density at radius 3 is 2.71 bits per heavy atom. The molecule has 0 aromatic carbocycles. The average Bonchev–Trinajstić information content (AvgIpc) is 2.98. The minimum absolute atomic E-state index is 0.0149. The Bertz CT molecular complexity index is 526. The van der Waals surface area contributed by atoms with Gasteiger partial charge in [0.15, 0.2) is 0 Å². The standard InChI is InChI=1S/C12H10O3S2/c1-15-11(13)7-8-4-5-10(17-8)12(14)9-3-2-6-16-9/h2-6H,7H2,1H3. The van der Waals surface area contributed by atoms with Crippen molar-refractivity contribution >= 4 is 34.4 Å². The molecule has 0 fully saturated rings. The molecule has 2 rings (SSSR count). The molecule has 3 nitrogen and oxygen atoms in total. The number of carbonyl (C=O) groups is 2. The molecule has 5 heteroatoms. The number of esters is 1. The van der Waals surface area contributed by atoms with E-state index in [-0.39, 0.29) is 18.2 Å². The van der Waals surface area contributed by atoms with Crippen LogP contribution in [0.3, 0.4) is 0 Å². The van der Waals surface area contributed by atoms with Crippen LogP contribution in [0.4, 0.5) is 0 Å². The molecule has 0 unspecified atom stereocenters. The van der Waals surface area contributed by atoms with Gasteiger partial charge < -0.3 is 4.74 Å². The monoisotopic (exact) mass is 266 g/mol. The van der Waals surface area contributed by atoms with Crippen molar-refractivity contribution in [2.45, 2.75) is 6.42 Å². The summed E-state index contributed by atoms with van der Waals surface area (Å²) in [6.45, 7) is 0. The van der Waals surface area contributed by atoms with Gasteiger partial charge in [-0.15, -0.1) is 22.7 Å². The quantitative estimate of drug-likeness (QED) is 0.631. The van der Waals surface area contributed by atoms with E-state index in [1.54, 1.807) is 18.2 Å². The van der Waals surface area contributed by atoms with Crippen LogP contribution in [0.2, 0.25) is 0 Å². The predicted molar refractivity (Wildman–Crippen MR) is 67.8 cm³/mol. The summed E-state index contributed by atoms with van der Waals surface area (Å²) in [5.41, 5.74) is 0. The number of hydrogen-bond acceptors (Lipinski definition) is 5. The van der Waals surface area contributed by atoms with E-state index < -0.39 is 0 Å². The zero-order valence-corrected chi connectivity index (χ0v) is 10.8. The molecule has 2 heterocycles. The first-order valence-corrected chi connectivity index (χ1v) is 6.64. The van der Waals surface area contributed by atoms with Crippen molar-refractivity contribution in [2.75, 3.05) is 7.11 Å². The van der Waals surface area contributed by atoms with E-state index in [1.807, 2.05) is 11.4 Å². The van der Waals surface area contributed by atoms with Gasteiger partial charge in [-0.1, -0.05) is 6.07 Å². The molecule has 2 aromatic rings. The average molecular weight is 266 g/mol. The molecule has 2 aromatic heterocycles. The van der Waals surface area contributed by atoms with Gasteiger partial charge in [0.2, 0.25) is 5.78 Å². The fourth-order valence-electron chi connectivity index (χ4n) is 1.34. The third-order valence-electron chi connectivity index (χ3n) is 2.18. The van der Waals surface area contributed by atoms with Gasteiger partial charge in [0.1, 0.15) is 0 Å². The van der Waals surface area contributed by atoms with Crippen LogP contribution in [-0.4, -0.2) is 18.9 Å². The van der Waals surface area contributed by atoms with Crippen molar-refractivity contribution in [3.8, 4) is 0 Å². The second kappa shape index (κ2) is 5.25. The highest BCUT2D eigenvalue weighted by Gasteiger charge is 2.14. The Hall–Kier alpha value is -1.46. The van der Waals surface area contributed by atoms with Crippen LogP contribution in [0.25, 0.3) is 0 Å². The molecule has 0 saturated heterocycles. The summed E-state index contributed by atoms with van der Waals surface area (Å²) in [6, 6.07) is 7.20. The zero-order chi connectivity index (χ0) is 12.3.